The van der Waals surface area contributed by atoms with E-state index in [1.165, 1.54) is 6.42 Å². The van der Waals surface area contributed by atoms with Gasteiger partial charge in [0, 0.05) is 6.42 Å². The van der Waals surface area contributed by atoms with Crippen LogP contribution in [0.3, 0.4) is 0 Å². The highest BCUT2D eigenvalue weighted by molar-refractivity contribution is 4.97. The molecular formula is C9H16O3. The molecule has 0 unspecified atom stereocenters. The van der Waals surface area contributed by atoms with Crippen molar-refractivity contribution in [3.8, 4) is 0 Å². The molecule has 0 spiro atoms. The van der Waals surface area contributed by atoms with E-state index >= 15 is 0 Å². The molecule has 2 N–H and O–H groups in total. The molecule has 1 aliphatic carbocycles. The van der Waals surface area contributed by atoms with Crippen LogP contribution in [0, 0.1) is 0 Å². The number of hydrogen-bond acceptors (Lipinski definition) is 3. The lowest BCUT2D eigenvalue weighted by molar-refractivity contribution is 0.0126. The maximum Gasteiger partial charge on any atom is 0.144 e. The normalized spacial score (nSPS) is 17.8. The summed E-state index contributed by atoms with van der Waals surface area (Å²) in [5.41, 5.74) is 0. The maximum absolute atomic E-state index is 8.74. The van der Waals surface area contributed by atoms with Gasteiger partial charge in [-0.1, -0.05) is 0 Å². The van der Waals surface area contributed by atoms with Gasteiger partial charge in [0.25, 0.3) is 0 Å². The molecule has 0 fully saturated rings. The highest BCUT2D eigenvalue weighted by atomic mass is 16.5. The van der Waals surface area contributed by atoms with E-state index in [2.05, 4.69) is 0 Å². The summed E-state index contributed by atoms with van der Waals surface area (Å²) in [7, 11) is 0. The van der Waals surface area contributed by atoms with Gasteiger partial charge in [-0.3, -0.25) is 0 Å². The standard InChI is InChI=1S/C9H16O3/c10-6-9(7-11)12-8-4-2-1-3-5-8/h4,9-11H,1-3,5-7H2. The summed E-state index contributed by atoms with van der Waals surface area (Å²) in [4.78, 5) is 0. The topological polar surface area (TPSA) is 49.7 Å². The second-order valence-electron chi connectivity index (χ2n) is 3.02. The smallest absolute Gasteiger partial charge is 0.144 e. The van der Waals surface area contributed by atoms with Crippen LogP contribution in [0.25, 0.3) is 0 Å². The number of rotatable bonds is 4. The predicted octanol–water partition coefficient (Wildman–Crippen LogP) is 0.814. The summed E-state index contributed by atoms with van der Waals surface area (Å²) in [6.45, 7) is -0.234. The summed E-state index contributed by atoms with van der Waals surface area (Å²) < 4.78 is 5.35. The van der Waals surface area contributed by atoms with Crippen molar-refractivity contribution in [2.24, 2.45) is 0 Å². The van der Waals surface area contributed by atoms with Gasteiger partial charge in [-0.25, -0.2) is 0 Å². The fraction of sp³-hybridized carbons (Fsp3) is 0.778. The quantitative estimate of drug-likeness (QED) is 0.660. The van der Waals surface area contributed by atoms with Gasteiger partial charge in [-0.2, -0.15) is 0 Å². The first-order valence-electron chi connectivity index (χ1n) is 4.44. The van der Waals surface area contributed by atoms with E-state index in [0.717, 1.165) is 25.0 Å². The maximum atomic E-state index is 8.74. The molecule has 70 valence electrons. The third-order valence-electron chi connectivity index (χ3n) is 1.97. The predicted molar refractivity (Wildman–Crippen MR) is 45.6 cm³/mol. The van der Waals surface area contributed by atoms with E-state index in [4.69, 9.17) is 14.9 Å². The molecule has 0 saturated heterocycles. The monoisotopic (exact) mass is 172 g/mol. The van der Waals surface area contributed by atoms with E-state index in [1.54, 1.807) is 0 Å². The Balaban J connectivity index is 2.32. The lowest BCUT2D eigenvalue weighted by Crippen LogP contribution is -2.22. The summed E-state index contributed by atoms with van der Waals surface area (Å²) >= 11 is 0. The average molecular weight is 172 g/mol. The first kappa shape index (κ1) is 9.55. The Morgan fingerprint density at radius 2 is 2.08 bits per heavy atom. The van der Waals surface area contributed by atoms with Crippen molar-refractivity contribution in [3.05, 3.63) is 11.8 Å². The van der Waals surface area contributed by atoms with Crippen LogP contribution in [-0.4, -0.2) is 29.5 Å². The first-order chi connectivity index (χ1) is 5.86. The van der Waals surface area contributed by atoms with Crippen LogP contribution in [0.2, 0.25) is 0 Å². The Bertz CT molecular complexity index is 150. The Morgan fingerprint density at radius 1 is 1.33 bits per heavy atom. The highest BCUT2D eigenvalue weighted by Crippen LogP contribution is 2.19. The lowest BCUT2D eigenvalue weighted by Gasteiger charge is -2.19. The zero-order valence-electron chi connectivity index (χ0n) is 7.20. The van der Waals surface area contributed by atoms with Crippen molar-refractivity contribution >= 4 is 0 Å². The van der Waals surface area contributed by atoms with Gasteiger partial charge in [-0.05, 0) is 25.3 Å². The molecule has 0 atom stereocenters. The molecule has 0 aromatic rings. The fourth-order valence-corrected chi connectivity index (χ4v) is 1.26. The van der Waals surface area contributed by atoms with Crippen LogP contribution in [0.1, 0.15) is 25.7 Å². The van der Waals surface area contributed by atoms with Crippen molar-refractivity contribution in [2.75, 3.05) is 13.2 Å². The number of allylic oxidation sites excluding steroid dienone is 2. The minimum Gasteiger partial charge on any atom is -0.490 e. The largest absolute Gasteiger partial charge is 0.490 e. The molecule has 0 bridgehead atoms. The number of ether oxygens (including phenoxy) is 1. The van der Waals surface area contributed by atoms with Gasteiger partial charge in [0.1, 0.15) is 6.10 Å². The SMILES string of the molecule is OCC(CO)OC1=CCCCC1. The van der Waals surface area contributed by atoms with Crippen LogP contribution in [0.4, 0.5) is 0 Å². The Labute approximate surface area is 72.7 Å². The van der Waals surface area contributed by atoms with Gasteiger partial charge in [0.2, 0.25) is 0 Å². The molecule has 0 heterocycles. The fourth-order valence-electron chi connectivity index (χ4n) is 1.26. The Hall–Kier alpha value is -0.540. The molecule has 0 radical (unpaired) electrons. The third kappa shape index (κ3) is 2.83. The molecular weight excluding hydrogens is 156 g/mol. The van der Waals surface area contributed by atoms with Gasteiger partial charge >= 0.3 is 0 Å². The summed E-state index contributed by atoms with van der Waals surface area (Å²) in [5, 5.41) is 17.5. The zero-order chi connectivity index (χ0) is 8.81. The highest BCUT2D eigenvalue weighted by Gasteiger charge is 2.10. The van der Waals surface area contributed by atoms with Gasteiger partial charge in [0.15, 0.2) is 0 Å². The molecule has 0 aromatic carbocycles. The van der Waals surface area contributed by atoms with Crippen molar-refractivity contribution in [1.29, 1.82) is 0 Å². The van der Waals surface area contributed by atoms with Gasteiger partial charge in [0.05, 0.1) is 19.0 Å². The second kappa shape index (κ2) is 5.17. The molecule has 0 aliphatic heterocycles. The average Bonchev–Trinajstić information content (AvgIpc) is 2.16. The van der Waals surface area contributed by atoms with Crippen molar-refractivity contribution in [1.82, 2.24) is 0 Å². The molecule has 3 nitrogen and oxygen atoms in total. The minimum absolute atomic E-state index is 0.117. The van der Waals surface area contributed by atoms with E-state index in [0.29, 0.717) is 0 Å². The lowest BCUT2D eigenvalue weighted by atomic mass is 10.1. The van der Waals surface area contributed by atoms with E-state index in [9.17, 15) is 0 Å². The minimum atomic E-state index is -0.436. The molecule has 1 aliphatic rings. The van der Waals surface area contributed by atoms with Crippen LogP contribution < -0.4 is 0 Å². The van der Waals surface area contributed by atoms with Crippen LogP contribution in [0.15, 0.2) is 11.8 Å². The molecule has 3 heteroatoms. The molecule has 0 amide bonds. The summed E-state index contributed by atoms with van der Waals surface area (Å²) in [6.07, 6.45) is 5.97. The summed E-state index contributed by atoms with van der Waals surface area (Å²) in [6, 6.07) is 0. The van der Waals surface area contributed by atoms with E-state index in [1.807, 2.05) is 6.08 Å². The molecule has 0 saturated carbocycles. The zero-order valence-corrected chi connectivity index (χ0v) is 7.20. The Kier molecular flexibility index (Phi) is 4.11. The third-order valence-corrected chi connectivity index (χ3v) is 1.97. The molecule has 0 aromatic heterocycles. The Morgan fingerprint density at radius 3 is 2.58 bits per heavy atom. The van der Waals surface area contributed by atoms with Crippen LogP contribution in [0.5, 0.6) is 0 Å². The van der Waals surface area contributed by atoms with Crippen LogP contribution >= 0.6 is 0 Å². The van der Waals surface area contributed by atoms with E-state index < -0.39 is 6.10 Å². The number of aliphatic hydroxyl groups is 2. The van der Waals surface area contributed by atoms with Gasteiger partial charge < -0.3 is 14.9 Å². The summed E-state index contributed by atoms with van der Waals surface area (Å²) in [5.74, 6) is 0.925. The van der Waals surface area contributed by atoms with Crippen molar-refractivity contribution < 1.29 is 14.9 Å². The van der Waals surface area contributed by atoms with Crippen molar-refractivity contribution in [2.45, 2.75) is 31.8 Å². The van der Waals surface area contributed by atoms with Crippen molar-refractivity contribution in [3.63, 3.8) is 0 Å². The molecule has 12 heavy (non-hydrogen) atoms. The van der Waals surface area contributed by atoms with E-state index in [-0.39, 0.29) is 13.2 Å². The molecule has 1 rings (SSSR count). The number of aliphatic hydroxyl groups excluding tert-OH is 2. The van der Waals surface area contributed by atoms with Crippen LogP contribution in [-0.2, 0) is 4.74 Å². The second-order valence-corrected chi connectivity index (χ2v) is 3.02. The van der Waals surface area contributed by atoms with Gasteiger partial charge in [-0.15, -0.1) is 0 Å². The number of hydrogen-bond donors (Lipinski definition) is 2. The first-order valence-corrected chi connectivity index (χ1v) is 4.44.